The topological polar surface area (TPSA) is 47.7 Å². The Morgan fingerprint density at radius 1 is 1.19 bits per heavy atom. The van der Waals surface area contributed by atoms with Crippen LogP contribution in [-0.4, -0.2) is 37.7 Å². The molecule has 0 aliphatic carbocycles. The van der Waals surface area contributed by atoms with Crippen molar-refractivity contribution in [3.63, 3.8) is 0 Å². The number of nitrogens with two attached hydrogens (primary N) is 1. The van der Waals surface area contributed by atoms with Gasteiger partial charge in [-0.1, -0.05) is 6.42 Å². The predicted octanol–water partition coefficient (Wildman–Crippen LogP) is 2.97. The first-order valence-corrected chi connectivity index (χ1v) is 7.81. The van der Waals surface area contributed by atoms with Crippen molar-refractivity contribution in [1.29, 1.82) is 0 Å². The number of methoxy groups -OCH3 is 2. The molecule has 0 amide bonds. The molecular formula is C17H28N2O2. The summed E-state index contributed by atoms with van der Waals surface area (Å²) in [6, 6.07) is 6.74. The minimum atomic E-state index is 0.121. The van der Waals surface area contributed by atoms with E-state index in [2.05, 4.69) is 24.8 Å². The van der Waals surface area contributed by atoms with Crippen molar-refractivity contribution in [2.24, 2.45) is 5.73 Å². The Bertz CT molecular complexity index is 462. The Hall–Kier alpha value is -1.26. The van der Waals surface area contributed by atoms with Gasteiger partial charge in [-0.2, -0.15) is 0 Å². The summed E-state index contributed by atoms with van der Waals surface area (Å²) in [5, 5.41) is 0. The molecular weight excluding hydrogens is 264 g/mol. The van der Waals surface area contributed by atoms with E-state index < -0.39 is 0 Å². The lowest BCUT2D eigenvalue weighted by Crippen LogP contribution is -2.43. The molecule has 0 bridgehead atoms. The van der Waals surface area contributed by atoms with Crippen LogP contribution < -0.4 is 15.2 Å². The van der Waals surface area contributed by atoms with Crippen LogP contribution in [0.3, 0.4) is 0 Å². The highest BCUT2D eigenvalue weighted by Crippen LogP contribution is 2.37. The van der Waals surface area contributed by atoms with Crippen molar-refractivity contribution in [3.8, 4) is 11.5 Å². The van der Waals surface area contributed by atoms with Gasteiger partial charge in [-0.25, -0.2) is 0 Å². The van der Waals surface area contributed by atoms with Gasteiger partial charge in [0.15, 0.2) is 0 Å². The molecule has 2 unspecified atom stereocenters. The summed E-state index contributed by atoms with van der Waals surface area (Å²) in [6.07, 6.45) is 3.44. The van der Waals surface area contributed by atoms with E-state index in [4.69, 9.17) is 15.2 Å². The molecule has 1 aromatic carbocycles. The summed E-state index contributed by atoms with van der Waals surface area (Å²) < 4.78 is 11.0. The number of hydrogen-bond acceptors (Lipinski definition) is 4. The van der Waals surface area contributed by atoms with Crippen molar-refractivity contribution in [3.05, 3.63) is 23.8 Å². The molecule has 1 saturated heterocycles. The van der Waals surface area contributed by atoms with Crippen LogP contribution in [0.5, 0.6) is 11.5 Å². The van der Waals surface area contributed by atoms with Gasteiger partial charge in [0, 0.05) is 17.6 Å². The highest BCUT2D eigenvalue weighted by Gasteiger charge is 2.32. The largest absolute Gasteiger partial charge is 0.497 e. The molecule has 4 nitrogen and oxygen atoms in total. The summed E-state index contributed by atoms with van der Waals surface area (Å²) in [7, 11) is 3.41. The molecule has 1 aliphatic heterocycles. The second-order valence-electron chi connectivity index (χ2n) is 6.04. The Morgan fingerprint density at radius 2 is 1.95 bits per heavy atom. The summed E-state index contributed by atoms with van der Waals surface area (Å²) in [5.74, 6) is 1.75. The van der Waals surface area contributed by atoms with Crippen LogP contribution in [-0.2, 0) is 0 Å². The molecule has 0 saturated carbocycles. The second kappa shape index (κ2) is 7.14. The zero-order valence-electron chi connectivity index (χ0n) is 13.6. The molecule has 2 atom stereocenters. The summed E-state index contributed by atoms with van der Waals surface area (Å²) in [4.78, 5) is 2.50. The molecule has 21 heavy (non-hydrogen) atoms. The highest BCUT2D eigenvalue weighted by atomic mass is 16.5. The number of hydrogen-bond donors (Lipinski definition) is 1. The van der Waals surface area contributed by atoms with Gasteiger partial charge in [-0.3, -0.25) is 4.90 Å². The third kappa shape index (κ3) is 3.50. The number of likely N-dealkylation sites (tertiary alicyclic amines) is 1. The van der Waals surface area contributed by atoms with Gasteiger partial charge < -0.3 is 15.2 Å². The van der Waals surface area contributed by atoms with Crippen LogP contribution in [0.2, 0.25) is 0 Å². The molecule has 0 radical (unpaired) electrons. The zero-order chi connectivity index (χ0) is 15.4. The van der Waals surface area contributed by atoms with E-state index in [1.54, 1.807) is 14.2 Å². The van der Waals surface area contributed by atoms with Crippen molar-refractivity contribution in [1.82, 2.24) is 4.90 Å². The first kappa shape index (κ1) is 16.1. The Morgan fingerprint density at radius 3 is 2.57 bits per heavy atom. The van der Waals surface area contributed by atoms with Crippen LogP contribution in [0.1, 0.15) is 44.7 Å². The number of nitrogens with zero attached hydrogens (tertiary/aromatic N) is 1. The van der Waals surface area contributed by atoms with Crippen molar-refractivity contribution < 1.29 is 9.47 Å². The van der Waals surface area contributed by atoms with Crippen LogP contribution in [0.15, 0.2) is 18.2 Å². The fraction of sp³-hybridized carbons (Fsp3) is 0.647. The number of benzene rings is 1. The summed E-state index contributed by atoms with van der Waals surface area (Å²) >= 11 is 0. The molecule has 0 aromatic heterocycles. The van der Waals surface area contributed by atoms with E-state index in [-0.39, 0.29) is 12.1 Å². The van der Waals surface area contributed by atoms with E-state index in [1.807, 2.05) is 12.1 Å². The number of ether oxygens (including phenoxy) is 2. The van der Waals surface area contributed by atoms with E-state index in [1.165, 1.54) is 12.8 Å². The first-order chi connectivity index (χ1) is 10.1. The quantitative estimate of drug-likeness (QED) is 0.927. The molecule has 1 heterocycles. The summed E-state index contributed by atoms with van der Waals surface area (Å²) in [5.41, 5.74) is 7.66. The molecule has 1 aromatic rings. The Balaban J connectivity index is 2.47. The van der Waals surface area contributed by atoms with Crippen LogP contribution >= 0.6 is 0 Å². The normalized spacial score (nSPS) is 23.9. The van der Waals surface area contributed by atoms with Crippen LogP contribution in [0, 0.1) is 0 Å². The monoisotopic (exact) mass is 292 g/mol. The maximum absolute atomic E-state index is 6.52. The lowest BCUT2D eigenvalue weighted by atomic mass is 9.94. The van der Waals surface area contributed by atoms with Gasteiger partial charge in [0.05, 0.1) is 20.3 Å². The number of rotatable bonds is 4. The van der Waals surface area contributed by atoms with Gasteiger partial charge in [0.1, 0.15) is 11.5 Å². The molecule has 2 N–H and O–H groups in total. The van der Waals surface area contributed by atoms with Gasteiger partial charge in [-0.15, -0.1) is 0 Å². The van der Waals surface area contributed by atoms with Gasteiger partial charge >= 0.3 is 0 Å². The fourth-order valence-electron chi connectivity index (χ4n) is 3.28. The lowest BCUT2D eigenvalue weighted by molar-refractivity contribution is 0.141. The van der Waals surface area contributed by atoms with E-state index >= 15 is 0 Å². The smallest absolute Gasteiger partial charge is 0.123 e. The van der Waals surface area contributed by atoms with Gasteiger partial charge in [0.25, 0.3) is 0 Å². The minimum Gasteiger partial charge on any atom is -0.497 e. The predicted molar refractivity (Wildman–Crippen MR) is 86.0 cm³/mol. The van der Waals surface area contributed by atoms with Crippen molar-refractivity contribution >= 4 is 0 Å². The molecule has 2 rings (SSSR count). The van der Waals surface area contributed by atoms with E-state index in [0.29, 0.717) is 6.04 Å². The zero-order valence-corrected chi connectivity index (χ0v) is 13.6. The third-order valence-electron chi connectivity index (χ3n) is 4.39. The Labute approximate surface area is 128 Å². The lowest BCUT2D eigenvalue weighted by Gasteiger charge is -2.37. The maximum atomic E-state index is 6.52. The molecule has 1 aliphatic rings. The average Bonchev–Trinajstić information content (AvgIpc) is 2.68. The van der Waals surface area contributed by atoms with Crippen molar-refractivity contribution in [2.75, 3.05) is 20.8 Å². The standard InChI is InChI=1S/C17H28N2O2/c1-12(2)19-10-6-5-7-15(18)17(19)14-11-13(20-3)8-9-16(14)21-4/h8-9,11-12,15,17H,5-7,10,18H2,1-4H3. The molecule has 118 valence electrons. The SMILES string of the molecule is COc1ccc(OC)c(C2C(N)CCCCN2C(C)C)c1. The van der Waals surface area contributed by atoms with Gasteiger partial charge in [0.2, 0.25) is 0 Å². The maximum Gasteiger partial charge on any atom is 0.123 e. The molecule has 0 spiro atoms. The van der Waals surface area contributed by atoms with Crippen LogP contribution in [0.25, 0.3) is 0 Å². The summed E-state index contributed by atoms with van der Waals surface area (Å²) in [6.45, 7) is 5.55. The van der Waals surface area contributed by atoms with Crippen LogP contribution in [0.4, 0.5) is 0 Å². The second-order valence-corrected chi connectivity index (χ2v) is 6.04. The van der Waals surface area contributed by atoms with E-state index in [0.717, 1.165) is 30.0 Å². The van der Waals surface area contributed by atoms with E-state index in [9.17, 15) is 0 Å². The first-order valence-electron chi connectivity index (χ1n) is 7.81. The Kier molecular flexibility index (Phi) is 5.48. The third-order valence-corrected chi connectivity index (χ3v) is 4.39. The molecule has 1 fully saturated rings. The average molecular weight is 292 g/mol. The minimum absolute atomic E-state index is 0.121. The highest BCUT2D eigenvalue weighted by molar-refractivity contribution is 5.43. The van der Waals surface area contributed by atoms with Gasteiger partial charge in [-0.05, 0) is 51.4 Å². The van der Waals surface area contributed by atoms with Crippen molar-refractivity contribution in [2.45, 2.75) is 51.2 Å². The molecule has 4 heteroatoms. The fourth-order valence-corrected chi connectivity index (χ4v) is 3.28.